The highest BCUT2D eigenvalue weighted by atomic mass is 79.9. The molecule has 3 nitrogen and oxygen atoms in total. The van der Waals surface area contributed by atoms with Crippen LogP contribution in [-0.2, 0) is 4.79 Å². The predicted octanol–water partition coefficient (Wildman–Crippen LogP) is 3.99. The van der Waals surface area contributed by atoms with Gasteiger partial charge in [0.15, 0.2) is 0 Å². The molecule has 0 spiro atoms. The minimum Gasteiger partial charge on any atom is -0.370 e. The number of carbonyl (C=O) groups is 1. The summed E-state index contributed by atoms with van der Waals surface area (Å²) in [5.41, 5.74) is 6.75. The molecule has 1 unspecified atom stereocenters. The van der Waals surface area contributed by atoms with Gasteiger partial charge in [0.1, 0.15) is 11.9 Å². The molecule has 0 aliphatic carbocycles. The quantitative estimate of drug-likeness (QED) is 0.813. The largest absolute Gasteiger partial charge is 0.370 e. The van der Waals surface area contributed by atoms with Crippen LogP contribution in [0.25, 0.3) is 0 Å². The summed E-state index contributed by atoms with van der Waals surface area (Å²) in [6.45, 7) is 0. The number of hydrogen-bond acceptors (Lipinski definition) is 2. The molecule has 0 radical (unpaired) electrons. The van der Waals surface area contributed by atoms with Gasteiger partial charge in [0.2, 0.25) is 5.91 Å². The zero-order valence-corrected chi connectivity index (χ0v) is 13.4. The van der Waals surface area contributed by atoms with E-state index in [0.29, 0.717) is 5.56 Å². The lowest BCUT2D eigenvalue weighted by atomic mass is 10.1. The van der Waals surface area contributed by atoms with Crippen LogP contribution in [0, 0.1) is 5.82 Å². The molecule has 3 N–H and O–H groups in total. The highest BCUT2D eigenvalue weighted by molar-refractivity contribution is 9.10. The number of primary amides is 1. The zero-order valence-electron chi connectivity index (χ0n) is 10.2. The van der Waals surface area contributed by atoms with Crippen LogP contribution >= 0.6 is 31.9 Å². The normalized spacial score (nSPS) is 11.9. The predicted molar refractivity (Wildman–Crippen MR) is 83.8 cm³/mol. The molecule has 2 aromatic rings. The fraction of sp³-hybridized carbons (Fsp3) is 0.0714. The minimum absolute atomic E-state index is 0.289. The van der Waals surface area contributed by atoms with Gasteiger partial charge in [-0.25, -0.2) is 4.39 Å². The van der Waals surface area contributed by atoms with Crippen molar-refractivity contribution in [3.8, 4) is 0 Å². The molecule has 1 atom stereocenters. The van der Waals surface area contributed by atoms with Crippen LogP contribution in [0.15, 0.2) is 51.4 Å². The zero-order chi connectivity index (χ0) is 14.7. The van der Waals surface area contributed by atoms with E-state index in [1.165, 1.54) is 18.2 Å². The van der Waals surface area contributed by atoms with Gasteiger partial charge in [-0.3, -0.25) is 4.79 Å². The van der Waals surface area contributed by atoms with E-state index in [2.05, 4.69) is 37.2 Å². The van der Waals surface area contributed by atoms with Crippen molar-refractivity contribution in [1.82, 2.24) is 0 Å². The van der Waals surface area contributed by atoms with Crippen molar-refractivity contribution in [3.05, 3.63) is 62.8 Å². The van der Waals surface area contributed by atoms with Crippen molar-refractivity contribution < 1.29 is 9.18 Å². The summed E-state index contributed by atoms with van der Waals surface area (Å²) in [7, 11) is 0. The molecule has 6 heteroatoms. The summed E-state index contributed by atoms with van der Waals surface area (Å²) in [5, 5.41) is 3.03. The van der Waals surface area contributed by atoms with Gasteiger partial charge in [-0.05, 0) is 51.8 Å². The van der Waals surface area contributed by atoms with Gasteiger partial charge < -0.3 is 11.1 Å². The number of nitrogens with two attached hydrogens (primary N) is 1. The average molecular weight is 402 g/mol. The third-order valence-electron chi connectivity index (χ3n) is 2.70. The molecule has 104 valence electrons. The molecule has 0 saturated heterocycles. The Kier molecular flexibility index (Phi) is 4.77. The number of rotatable bonds is 4. The van der Waals surface area contributed by atoms with Crippen LogP contribution in [-0.4, -0.2) is 5.91 Å². The van der Waals surface area contributed by atoms with Gasteiger partial charge in [-0.1, -0.05) is 28.1 Å². The van der Waals surface area contributed by atoms with E-state index in [-0.39, 0.29) is 10.3 Å². The number of benzene rings is 2. The third kappa shape index (κ3) is 3.58. The number of anilines is 1. The molecule has 0 aliphatic heterocycles. The van der Waals surface area contributed by atoms with Gasteiger partial charge in [-0.2, -0.15) is 0 Å². The first-order valence-electron chi connectivity index (χ1n) is 5.74. The highest BCUT2D eigenvalue weighted by Gasteiger charge is 2.18. The molecule has 0 heterocycles. The van der Waals surface area contributed by atoms with Crippen molar-refractivity contribution in [1.29, 1.82) is 0 Å². The van der Waals surface area contributed by atoms with E-state index in [1.807, 2.05) is 24.3 Å². The Bertz CT molecular complexity index is 649. The van der Waals surface area contributed by atoms with Gasteiger partial charge in [0.25, 0.3) is 0 Å². The average Bonchev–Trinajstić information content (AvgIpc) is 2.39. The van der Waals surface area contributed by atoms with E-state index in [0.717, 1.165) is 10.2 Å². The second-order valence-electron chi connectivity index (χ2n) is 4.16. The molecule has 0 saturated carbocycles. The summed E-state index contributed by atoms with van der Waals surface area (Å²) >= 11 is 6.45. The number of halogens is 3. The van der Waals surface area contributed by atoms with Crippen LogP contribution in [0.1, 0.15) is 11.6 Å². The van der Waals surface area contributed by atoms with E-state index < -0.39 is 11.9 Å². The van der Waals surface area contributed by atoms with Crippen LogP contribution < -0.4 is 11.1 Å². The van der Waals surface area contributed by atoms with Gasteiger partial charge in [0, 0.05) is 10.2 Å². The minimum atomic E-state index is -0.735. The molecule has 0 bridgehead atoms. The molecule has 0 fully saturated rings. The Hall–Kier alpha value is -1.40. The molecule has 2 rings (SSSR count). The van der Waals surface area contributed by atoms with Crippen LogP contribution in [0.2, 0.25) is 0 Å². The Morgan fingerprint density at radius 3 is 2.55 bits per heavy atom. The molecular formula is C14H11Br2FN2O. The van der Waals surface area contributed by atoms with Crippen molar-refractivity contribution in [3.63, 3.8) is 0 Å². The maximum Gasteiger partial charge on any atom is 0.244 e. The summed E-state index contributed by atoms with van der Waals surface area (Å²) in [6.07, 6.45) is 0. The second kappa shape index (κ2) is 6.37. The molecule has 1 amide bonds. The number of carbonyl (C=O) groups excluding carboxylic acids is 1. The first kappa shape index (κ1) is 15.0. The van der Waals surface area contributed by atoms with Gasteiger partial charge >= 0.3 is 0 Å². The first-order valence-corrected chi connectivity index (χ1v) is 7.32. The molecule has 0 aromatic heterocycles. The molecular weight excluding hydrogens is 391 g/mol. The fourth-order valence-electron chi connectivity index (χ4n) is 1.76. The lowest BCUT2D eigenvalue weighted by Crippen LogP contribution is -2.27. The molecule has 20 heavy (non-hydrogen) atoms. The Morgan fingerprint density at radius 1 is 1.20 bits per heavy atom. The van der Waals surface area contributed by atoms with Crippen LogP contribution in [0.4, 0.5) is 10.1 Å². The lowest BCUT2D eigenvalue weighted by molar-refractivity contribution is -0.118. The van der Waals surface area contributed by atoms with E-state index >= 15 is 0 Å². The topological polar surface area (TPSA) is 55.1 Å². The van der Waals surface area contributed by atoms with Gasteiger partial charge in [-0.15, -0.1) is 0 Å². The lowest BCUT2D eigenvalue weighted by Gasteiger charge is -2.17. The van der Waals surface area contributed by atoms with Crippen molar-refractivity contribution in [2.45, 2.75) is 6.04 Å². The van der Waals surface area contributed by atoms with Gasteiger partial charge in [0.05, 0.1) is 4.47 Å². The summed E-state index contributed by atoms with van der Waals surface area (Å²) < 4.78 is 14.4. The molecule has 2 aromatic carbocycles. The Morgan fingerprint density at radius 2 is 1.95 bits per heavy atom. The number of amides is 1. The van der Waals surface area contributed by atoms with Crippen LogP contribution in [0.3, 0.4) is 0 Å². The third-order valence-corrected chi connectivity index (χ3v) is 3.80. The monoisotopic (exact) mass is 400 g/mol. The van der Waals surface area contributed by atoms with E-state index in [1.54, 1.807) is 0 Å². The van der Waals surface area contributed by atoms with Crippen LogP contribution in [0.5, 0.6) is 0 Å². The maximum absolute atomic E-state index is 13.3. The Balaban J connectivity index is 2.32. The smallest absolute Gasteiger partial charge is 0.244 e. The van der Waals surface area contributed by atoms with Crippen molar-refractivity contribution >= 4 is 43.5 Å². The SMILES string of the molecule is NC(=O)C(Nc1cccc(Br)c1)c1ccc(F)c(Br)c1. The maximum atomic E-state index is 13.3. The van der Waals surface area contributed by atoms with E-state index in [4.69, 9.17) is 5.73 Å². The summed E-state index contributed by atoms with van der Waals surface area (Å²) in [5.74, 6) is -0.928. The summed E-state index contributed by atoms with van der Waals surface area (Å²) in [4.78, 5) is 11.6. The molecule has 0 aliphatic rings. The summed E-state index contributed by atoms with van der Waals surface area (Å²) in [6, 6.07) is 11.0. The number of nitrogens with one attached hydrogen (secondary N) is 1. The second-order valence-corrected chi connectivity index (χ2v) is 5.93. The Labute approximate surface area is 132 Å². The fourth-order valence-corrected chi connectivity index (χ4v) is 2.55. The standard InChI is InChI=1S/C14H11Br2FN2O/c15-9-2-1-3-10(7-9)19-13(14(18)20)8-4-5-12(17)11(16)6-8/h1-7,13,19H,(H2,18,20). The van der Waals surface area contributed by atoms with Crippen molar-refractivity contribution in [2.24, 2.45) is 5.73 Å². The number of hydrogen-bond donors (Lipinski definition) is 2. The highest BCUT2D eigenvalue weighted by Crippen LogP contribution is 2.25. The van der Waals surface area contributed by atoms with E-state index in [9.17, 15) is 9.18 Å². The first-order chi connectivity index (χ1) is 9.47. The van der Waals surface area contributed by atoms with Crippen molar-refractivity contribution in [2.75, 3.05) is 5.32 Å².